The van der Waals surface area contributed by atoms with Crippen LogP contribution in [-0.4, -0.2) is 92.0 Å². The Hall–Kier alpha value is -3.12. The summed E-state index contributed by atoms with van der Waals surface area (Å²) in [6.07, 6.45) is 3.28. The smallest absolute Gasteiger partial charge is 0.254 e. The van der Waals surface area contributed by atoms with Crippen LogP contribution in [0.4, 0.5) is 0 Å². The van der Waals surface area contributed by atoms with E-state index in [2.05, 4.69) is 33.0 Å². The quantitative estimate of drug-likeness (QED) is 0.186. The molecular formula is C35H36BrCl2N3O7. The van der Waals surface area contributed by atoms with Crippen LogP contribution in [0.1, 0.15) is 42.7 Å². The second kappa shape index (κ2) is 12.3. The number of aromatic hydroxyl groups is 1. The van der Waals surface area contributed by atoms with E-state index in [1.54, 1.807) is 6.07 Å². The summed E-state index contributed by atoms with van der Waals surface area (Å²) in [7, 11) is 2.85. The molecule has 0 unspecified atom stereocenters. The lowest BCUT2D eigenvalue weighted by atomic mass is 9.56. The summed E-state index contributed by atoms with van der Waals surface area (Å²) in [6.45, 7) is 2.29. The Morgan fingerprint density at radius 2 is 1.67 bits per heavy atom. The minimum atomic E-state index is -2.06. The Labute approximate surface area is 297 Å². The number of hydrogen-bond acceptors (Lipinski definition) is 8. The van der Waals surface area contributed by atoms with Crippen molar-refractivity contribution in [1.82, 2.24) is 14.7 Å². The number of imide groups is 2. The highest BCUT2D eigenvalue weighted by Crippen LogP contribution is 2.67. The molecule has 1 N–H and O–H groups in total. The van der Waals surface area contributed by atoms with Gasteiger partial charge in [-0.2, -0.15) is 0 Å². The number of phenols is 1. The van der Waals surface area contributed by atoms with E-state index >= 15 is 0 Å². The molecule has 2 aromatic rings. The van der Waals surface area contributed by atoms with Gasteiger partial charge in [0.05, 0.1) is 31.5 Å². The minimum absolute atomic E-state index is 0.128. The lowest BCUT2D eigenvalue weighted by Crippen LogP contribution is -2.60. The van der Waals surface area contributed by atoms with E-state index in [1.807, 2.05) is 24.3 Å². The van der Waals surface area contributed by atoms with E-state index in [4.69, 9.17) is 32.7 Å². The van der Waals surface area contributed by atoms with Crippen molar-refractivity contribution in [2.75, 3.05) is 32.8 Å². The number of nitrogens with zero attached hydrogens (tertiary/aromatic N) is 3. The standard InChI is InChI=1S/C35H36BrCl2N3O7/c1-47-21-14-25(42)28(26(15-21)48-2)29-22-8-9-23-27(24(22)16-34(37)32(45)40(18-36)33(46)35(29,34)38)31(44)41(30(23)43)20-10-12-39(13-11-20)17-19-6-4-3-5-7-19/h3-8,14-15,20,23-24,27,29,42H,9-13,16-18H2,1-2H3/t23-,24+,27-,29+,34+,35-/m0/s1. The number of hydrogen-bond donors (Lipinski definition) is 1. The van der Waals surface area contributed by atoms with Crippen LogP contribution in [-0.2, 0) is 25.7 Å². The van der Waals surface area contributed by atoms with Crippen molar-refractivity contribution in [2.24, 2.45) is 17.8 Å². The van der Waals surface area contributed by atoms with Crippen molar-refractivity contribution in [3.8, 4) is 17.2 Å². The fourth-order valence-corrected chi connectivity index (χ4v) is 10.2. The van der Waals surface area contributed by atoms with Gasteiger partial charge in [-0.25, -0.2) is 0 Å². The highest BCUT2D eigenvalue weighted by molar-refractivity contribution is 9.09. The van der Waals surface area contributed by atoms with Crippen LogP contribution in [0, 0.1) is 17.8 Å². The van der Waals surface area contributed by atoms with E-state index in [-0.39, 0.29) is 53.2 Å². The zero-order chi connectivity index (χ0) is 34.1. The summed E-state index contributed by atoms with van der Waals surface area (Å²) in [5.41, 5.74) is 1.81. The zero-order valence-corrected chi connectivity index (χ0v) is 29.6. The van der Waals surface area contributed by atoms with Crippen molar-refractivity contribution in [3.05, 3.63) is 65.2 Å². The second-order valence-electron chi connectivity index (χ2n) is 13.3. The number of fused-ring (bicyclic) bond motifs is 4. The van der Waals surface area contributed by atoms with Crippen LogP contribution in [0.2, 0.25) is 0 Å². The fraction of sp³-hybridized carbons (Fsp3) is 0.486. The van der Waals surface area contributed by atoms with Gasteiger partial charge in [0.1, 0.15) is 17.2 Å². The molecule has 254 valence electrons. The van der Waals surface area contributed by atoms with Gasteiger partial charge in [0.2, 0.25) is 11.8 Å². The normalized spacial score (nSPS) is 32.2. The minimum Gasteiger partial charge on any atom is -0.507 e. The van der Waals surface area contributed by atoms with Gasteiger partial charge >= 0.3 is 0 Å². The molecule has 4 fully saturated rings. The van der Waals surface area contributed by atoms with Gasteiger partial charge in [0, 0.05) is 49.3 Å². The Kier molecular flexibility index (Phi) is 8.58. The van der Waals surface area contributed by atoms with Crippen molar-refractivity contribution < 1.29 is 33.8 Å². The van der Waals surface area contributed by atoms with Crippen LogP contribution in [0.15, 0.2) is 54.1 Å². The zero-order valence-electron chi connectivity index (χ0n) is 26.5. The number of amides is 4. The number of alkyl halides is 3. The van der Waals surface area contributed by atoms with Crippen LogP contribution < -0.4 is 9.47 Å². The van der Waals surface area contributed by atoms with Gasteiger partial charge in [0.25, 0.3) is 11.8 Å². The molecule has 1 saturated carbocycles. The molecule has 0 aromatic heterocycles. The van der Waals surface area contributed by atoms with Gasteiger partial charge in [-0.1, -0.05) is 57.9 Å². The molecule has 13 heteroatoms. The Morgan fingerprint density at radius 1 is 0.958 bits per heavy atom. The summed E-state index contributed by atoms with van der Waals surface area (Å²) in [6, 6.07) is 12.9. The van der Waals surface area contributed by atoms with E-state index < -0.39 is 45.2 Å². The second-order valence-corrected chi connectivity index (χ2v) is 15.0. The number of phenolic OH excluding ortho intramolecular Hbond substituents is 1. The highest BCUT2D eigenvalue weighted by atomic mass is 79.9. The van der Waals surface area contributed by atoms with E-state index in [9.17, 15) is 24.3 Å². The van der Waals surface area contributed by atoms with Crippen molar-refractivity contribution >= 4 is 62.8 Å². The molecule has 4 amide bonds. The summed E-state index contributed by atoms with van der Waals surface area (Å²) in [4.78, 5) is 57.3. The Balaban J connectivity index is 1.25. The van der Waals surface area contributed by atoms with Crippen LogP contribution in [0.5, 0.6) is 17.2 Å². The summed E-state index contributed by atoms with van der Waals surface area (Å²) >= 11 is 17.9. The molecule has 7 rings (SSSR count). The third-order valence-corrected chi connectivity index (χ3v) is 13.0. The van der Waals surface area contributed by atoms with Crippen LogP contribution in [0.25, 0.3) is 0 Å². The van der Waals surface area contributed by atoms with E-state index in [0.29, 0.717) is 24.2 Å². The van der Waals surface area contributed by atoms with Gasteiger partial charge in [0.15, 0.2) is 9.75 Å². The lowest BCUT2D eigenvalue weighted by molar-refractivity contribution is -0.144. The molecule has 6 atom stereocenters. The number of carbonyl (C=O) groups is 4. The number of halogens is 3. The first-order valence-electron chi connectivity index (χ1n) is 16.1. The number of methoxy groups -OCH3 is 2. The third kappa shape index (κ3) is 4.75. The number of allylic oxidation sites excluding steroid dienone is 2. The van der Waals surface area contributed by atoms with Crippen molar-refractivity contribution in [2.45, 2.75) is 53.9 Å². The molecule has 3 saturated heterocycles. The molecule has 0 radical (unpaired) electrons. The maximum atomic E-state index is 14.5. The summed E-state index contributed by atoms with van der Waals surface area (Å²) in [5.74, 6) is -5.00. The first-order chi connectivity index (χ1) is 23.0. The van der Waals surface area contributed by atoms with Gasteiger partial charge in [-0.15, -0.1) is 23.2 Å². The fourth-order valence-electron chi connectivity index (χ4n) is 8.80. The number of piperidine rings is 1. The van der Waals surface area contributed by atoms with Crippen LogP contribution >= 0.6 is 39.1 Å². The number of carbonyl (C=O) groups excluding carboxylic acids is 4. The molecule has 2 aliphatic carbocycles. The molecule has 2 aromatic carbocycles. The van der Waals surface area contributed by atoms with Gasteiger partial charge < -0.3 is 14.6 Å². The first-order valence-corrected chi connectivity index (χ1v) is 18.0. The van der Waals surface area contributed by atoms with Crippen LogP contribution in [0.3, 0.4) is 0 Å². The maximum absolute atomic E-state index is 14.5. The average molecular weight is 761 g/mol. The number of likely N-dealkylation sites (tertiary alicyclic amines) is 3. The Bertz CT molecular complexity index is 1720. The number of benzene rings is 2. The highest BCUT2D eigenvalue weighted by Gasteiger charge is 2.77. The maximum Gasteiger partial charge on any atom is 0.254 e. The number of rotatable bonds is 7. The molecule has 3 aliphatic heterocycles. The average Bonchev–Trinajstić information content (AvgIpc) is 3.43. The largest absolute Gasteiger partial charge is 0.507 e. The predicted octanol–water partition coefficient (Wildman–Crippen LogP) is 4.79. The third-order valence-electron chi connectivity index (χ3n) is 11.1. The summed E-state index contributed by atoms with van der Waals surface area (Å²) < 4.78 is 11.0. The molecule has 10 nitrogen and oxygen atoms in total. The monoisotopic (exact) mass is 759 g/mol. The molecule has 0 bridgehead atoms. The number of ether oxygens (including phenoxy) is 2. The van der Waals surface area contributed by atoms with Crippen molar-refractivity contribution in [3.63, 3.8) is 0 Å². The SMILES string of the molecule is COc1cc(O)c([C@H]2C3=CC[C@@H]4C(=O)N(C5CCN(Cc6ccccc6)CC5)C(=O)[C@@H]4[C@@H]3C[C@@]3(Cl)C(=O)N(CBr)C(=O)[C@@]23Cl)c(OC)c1. The topological polar surface area (TPSA) is 117 Å². The van der Waals surface area contributed by atoms with Gasteiger partial charge in [-0.05, 0) is 37.2 Å². The molecule has 0 spiro atoms. The van der Waals surface area contributed by atoms with Gasteiger partial charge in [-0.3, -0.25) is 33.9 Å². The predicted molar refractivity (Wildman–Crippen MR) is 181 cm³/mol. The first kappa shape index (κ1) is 33.4. The van der Waals surface area contributed by atoms with E-state index in [0.717, 1.165) is 24.5 Å². The lowest BCUT2D eigenvalue weighted by Gasteiger charge is -2.51. The summed E-state index contributed by atoms with van der Waals surface area (Å²) in [5, 5.41) is 11.4. The molecule has 48 heavy (non-hydrogen) atoms. The Morgan fingerprint density at radius 3 is 2.31 bits per heavy atom. The van der Waals surface area contributed by atoms with Crippen molar-refractivity contribution in [1.29, 1.82) is 0 Å². The van der Waals surface area contributed by atoms with E-state index in [1.165, 1.54) is 30.7 Å². The molecule has 5 aliphatic rings. The molecule has 3 heterocycles. The molecular weight excluding hydrogens is 725 g/mol.